The van der Waals surface area contributed by atoms with Crippen molar-refractivity contribution >= 4 is 11.5 Å². The fraction of sp³-hybridized carbons (Fsp3) is 0.120. The maximum absolute atomic E-state index is 13.5. The molecule has 5 rings (SSSR count). The van der Waals surface area contributed by atoms with Crippen LogP contribution in [0.4, 0.5) is 0 Å². The summed E-state index contributed by atoms with van der Waals surface area (Å²) < 4.78 is 0. The number of hydrogen-bond acceptors (Lipinski definition) is 5. The summed E-state index contributed by atoms with van der Waals surface area (Å²) in [5.74, 6) is -0.678. The van der Waals surface area contributed by atoms with Crippen molar-refractivity contribution in [1.82, 2.24) is 15.0 Å². The zero-order valence-electron chi connectivity index (χ0n) is 16.9. The lowest BCUT2D eigenvalue weighted by Gasteiger charge is -2.16. The van der Waals surface area contributed by atoms with Gasteiger partial charge in [0.2, 0.25) is 0 Å². The third-order valence-corrected chi connectivity index (χ3v) is 5.34. The van der Waals surface area contributed by atoms with Crippen molar-refractivity contribution in [2.75, 3.05) is 0 Å². The maximum atomic E-state index is 13.5. The molecule has 0 radical (unpaired) electrons. The van der Waals surface area contributed by atoms with Crippen LogP contribution in [0.5, 0.6) is 0 Å². The number of rotatable bonds is 5. The van der Waals surface area contributed by atoms with E-state index >= 15 is 0 Å². The summed E-state index contributed by atoms with van der Waals surface area (Å²) >= 11 is 0. The first-order valence-electron chi connectivity index (χ1n) is 10.1. The van der Waals surface area contributed by atoms with Gasteiger partial charge < -0.3 is 4.84 Å². The fourth-order valence-corrected chi connectivity index (χ4v) is 3.69. The molecule has 1 aliphatic heterocycles. The van der Waals surface area contributed by atoms with Gasteiger partial charge in [-0.05, 0) is 19.1 Å². The molecular weight excluding hydrogens is 388 g/mol. The zero-order valence-corrected chi connectivity index (χ0v) is 16.9. The molecule has 0 fully saturated rings. The van der Waals surface area contributed by atoms with Crippen LogP contribution in [0.25, 0.3) is 5.69 Å². The summed E-state index contributed by atoms with van der Waals surface area (Å²) in [7, 11) is 0. The largest absolute Gasteiger partial charge is 0.384 e. The smallest absolute Gasteiger partial charge is 0.188 e. The number of nitrogens with zero attached hydrogens (tertiary/aromatic N) is 4. The van der Waals surface area contributed by atoms with E-state index in [1.807, 2.05) is 91.9 Å². The van der Waals surface area contributed by atoms with Gasteiger partial charge in [0.1, 0.15) is 17.3 Å². The van der Waals surface area contributed by atoms with Gasteiger partial charge in [0.25, 0.3) is 0 Å². The summed E-state index contributed by atoms with van der Waals surface area (Å²) in [6, 6.07) is 26.8. The number of carbonyl (C=O) groups excluding carboxylic acids is 1. The first kappa shape index (κ1) is 18.9. The monoisotopic (exact) mass is 408 g/mol. The summed E-state index contributed by atoms with van der Waals surface area (Å²) in [5.41, 5.74) is 4.60. The molecule has 6 nitrogen and oxygen atoms in total. The molecule has 31 heavy (non-hydrogen) atoms. The number of carbonyl (C=O) groups is 1. The lowest BCUT2D eigenvalue weighted by atomic mass is 9.84. The Balaban J connectivity index is 1.53. The van der Waals surface area contributed by atoms with Crippen LogP contribution < -0.4 is 0 Å². The normalized spacial score (nSPS) is 17.8. The van der Waals surface area contributed by atoms with Crippen LogP contribution in [-0.2, 0) is 4.84 Å². The highest BCUT2D eigenvalue weighted by Crippen LogP contribution is 2.36. The highest BCUT2D eigenvalue weighted by atomic mass is 16.6. The minimum Gasteiger partial charge on any atom is -0.384 e. The standard InChI is InChI=1S/C25H20N4O2/c1-17-12-14-18(15-13-17)23-22(24(30)19-8-4-2-5-9-19)25(31-28-23)21-16-26-29(27-21)20-10-6-3-7-11-20/h2-16,22,25H,1H3. The molecule has 152 valence electrons. The first-order chi connectivity index (χ1) is 15.2. The number of Topliss-reactive ketones (excluding diaryl/α,β-unsaturated/α-hetero) is 1. The van der Waals surface area contributed by atoms with Crippen molar-refractivity contribution in [3.63, 3.8) is 0 Å². The Morgan fingerprint density at radius 1 is 0.903 bits per heavy atom. The molecule has 3 aromatic carbocycles. The van der Waals surface area contributed by atoms with Crippen LogP contribution in [0.15, 0.2) is 96.3 Å². The van der Waals surface area contributed by atoms with Crippen molar-refractivity contribution in [2.45, 2.75) is 13.0 Å². The number of benzene rings is 3. The van der Waals surface area contributed by atoms with Gasteiger partial charge in [-0.1, -0.05) is 83.5 Å². The Bertz CT molecular complexity index is 1230. The third kappa shape index (κ3) is 3.64. The van der Waals surface area contributed by atoms with E-state index < -0.39 is 12.0 Å². The maximum Gasteiger partial charge on any atom is 0.188 e. The first-order valence-corrected chi connectivity index (χ1v) is 10.1. The second kappa shape index (κ2) is 7.99. The average molecular weight is 408 g/mol. The average Bonchev–Trinajstić information content (AvgIpc) is 3.48. The molecule has 0 saturated heterocycles. The van der Waals surface area contributed by atoms with Crippen molar-refractivity contribution < 1.29 is 9.63 Å². The number of ketones is 1. The predicted octanol–water partition coefficient (Wildman–Crippen LogP) is 4.55. The molecule has 2 unspecified atom stereocenters. The van der Waals surface area contributed by atoms with Gasteiger partial charge in [-0.15, -0.1) is 5.10 Å². The molecule has 0 saturated carbocycles. The summed E-state index contributed by atoms with van der Waals surface area (Å²) in [4.78, 5) is 20.9. The minimum atomic E-state index is -0.651. The molecule has 0 aliphatic carbocycles. The molecule has 2 atom stereocenters. The lowest BCUT2D eigenvalue weighted by molar-refractivity contribution is 0.0509. The fourth-order valence-electron chi connectivity index (χ4n) is 3.69. The van der Waals surface area contributed by atoms with Crippen LogP contribution in [0.1, 0.15) is 33.3 Å². The Hall–Kier alpha value is -4.06. The van der Waals surface area contributed by atoms with E-state index in [1.165, 1.54) is 4.80 Å². The molecule has 0 spiro atoms. The SMILES string of the molecule is Cc1ccc(C2=NOC(c3cnn(-c4ccccc4)n3)C2C(=O)c2ccccc2)cc1. The van der Waals surface area contributed by atoms with Gasteiger partial charge in [-0.3, -0.25) is 4.79 Å². The van der Waals surface area contributed by atoms with E-state index in [-0.39, 0.29) is 5.78 Å². The zero-order chi connectivity index (χ0) is 21.2. The molecule has 4 aromatic rings. The quantitative estimate of drug-likeness (QED) is 0.454. The van der Waals surface area contributed by atoms with E-state index in [4.69, 9.17) is 4.84 Å². The van der Waals surface area contributed by atoms with E-state index in [0.717, 1.165) is 16.8 Å². The summed E-state index contributed by atoms with van der Waals surface area (Å²) in [6.07, 6.45) is 0.984. The van der Waals surface area contributed by atoms with Gasteiger partial charge in [0.05, 0.1) is 11.9 Å². The Kier molecular flexibility index (Phi) is 4.88. The van der Waals surface area contributed by atoms with E-state index in [9.17, 15) is 4.79 Å². The van der Waals surface area contributed by atoms with Crippen molar-refractivity contribution in [2.24, 2.45) is 11.1 Å². The summed E-state index contributed by atoms with van der Waals surface area (Å²) in [6.45, 7) is 2.02. The highest BCUT2D eigenvalue weighted by Gasteiger charge is 2.43. The van der Waals surface area contributed by atoms with Crippen molar-refractivity contribution in [1.29, 1.82) is 0 Å². The molecular formula is C25H20N4O2. The van der Waals surface area contributed by atoms with E-state index in [2.05, 4.69) is 15.4 Å². The molecule has 2 heterocycles. The topological polar surface area (TPSA) is 69.4 Å². The van der Waals surface area contributed by atoms with Crippen molar-refractivity contribution in [3.8, 4) is 5.69 Å². The molecule has 1 aliphatic rings. The second-order valence-corrected chi connectivity index (χ2v) is 7.47. The number of aryl methyl sites for hydroxylation is 1. The minimum absolute atomic E-state index is 0.0586. The van der Waals surface area contributed by atoms with Crippen LogP contribution in [0, 0.1) is 12.8 Å². The van der Waals surface area contributed by atoms with Gasteiger partial charge in [0.15, 0.2) is 11.9 Å². The van der Waals surface area contributed by atoms with Crippen molar-refractivity contribution in [3.05, 3.63) is 114 Å². The summed E-state index contributed by atoms with van der Waals surface area (Å²) in [5, 5.41) is 13.3. The number of hydrogen-bond donors (Lipinski definition) is 0. The Morgan fingerprint density at radius 2 is 1.58 bits per heavy atom. The van der Waals surface area contributed by atoms with Gasteiger partial charge in [-0.25, -0.2) is 0 Å². The van der Waals surface area contributed by atoms with E-state index in [1.54, 1.807) is 6.20 Å². The van der Waals surface area contributed by atoms with Crippen LogP contribution in [-0.4, -0.2) is 26.5 Å². The van der Waals surface area contributed by atoms with Crippen LogP contribution in [0.3, 0.4) is 0 Å². The molecule has 6 heteroatoms. The van der Waals surface area contributed by atoms with Gasteiger partial charge >= 0.3 is 0 Å². The predicted molar refractivity (Wildman–Crippen MR) is 117 cm³/mol. The highest BCUT2D eigenvalue weighted by molar-refractivity contribution is 6.19. The van der Waals surface area contributed by atoms with Gasteiger partial charge in [0, 0.05) is 11.1 Å². The lowest BCUT2D eigenvalue weighted by Crippen LogP contribution is -2.27. The number of para-hydroxylation sites is 1. The van der Waals surface area contributed by atoms with E-state index in [0.29, 0.717) is 17.0 Å². The molecule has 0 amide bonds. The second-order valence-electron chi connectivity index (χ2n) is 7.47. The molecule has 0 bridgehead atoms. The van der Waals surface area contributed by atoms with Gasteiger partial charge in [-0.2, -0.15) is 9.90 Å². The third-order valence-electron chi connectivity index (χ3n) is 5.34. The number of oxime groups is 1. The Labute approximate surface area is 179 Å². The van der Waals surface area contributed by atoms with Crippen LogP contribution >= 0.6 is 0 Å². The Morgan fingerprint density at radius 3 is 2.29 bits per heavy atom. The molecule has 0 N–H and O–H groups in total. The molecule has 1 aromatic heterocycles. The van der Waals surface area contributed by atoms with Crippen LogP contribution in [0.2, 0.25) is 0 Å². The number of aromatic nitrogens is 3.